The van der Waals surface area contributed by atoms with Gasteiger partial charge in [-0.15, -0.1) is 0 Å². The van der Waals surface area contributed by atoms with Gasteiger partial charge in [0.25, 0.3) is 0 Å². The molecule has 0 fully saturated rings. The molecule has 7 heteroatoms. The van der Waals surface area contributed by atoms with Crippen molar-refractivity contribution in [3.05, 3.63) is 47.8 Å². The summed E-state index contributed by atoms with van der Waals surface area (Å²) in [6, 6.07) is 11.2. The molecule has 0 aliphatic heterocycles. The number of hydrogen-bond acceptors (Lipinski definition) is 6. The van der Waals surface area contributed by atoms with Crippen molar-refractivity contribution < 1.29 is 23.7 Å². The molecule has 0 aliphatic carbocycles. The summed E-state index contributed by atoms with van der Waals surface area (Å²) >= 11 is 0. The Bertz CT molecular complexity index is 739. The molecule has 0 heterocycles. The Morgan fingerprint density at radius 1 is 1.16 bits per heavy atom. The average Bonchev–Trinajstić information content (AvgIpc) is 2.64. The maximum absolute atomic E-state index is 13.5. The molecule has 0 aromatic heterocycles. The van der Waals surface area contributed by atoms with E-state index in [1.807, 2.05) is 0 Å². The highest BCUT2D eigenvalue weighted by molar-refractivity contribution is 5.58. The van der Waals surface area contributed by atoms with E-state index in [0.29, 0.717) is 22.9 Å². The molecule has 0 saturated heterocycles. The minimum atomic E-state index is -0.899. The van der Waals surface area contributed by atoms with Crippen molar-refractivity contribution in [1.82, 2.24) is 0 Å². The lowest BCUT2D eigenvalue weighted by molar-refractivity contribution is 0.113. The van der Waals surface area contributed by atoms with Crippen LogP contribution in [-0.2, 0) is 0 Å². The van der Waals surface area contributed by atoms with Crippen LogP contribution in [0, 0.1) is 17.1 Å². The fourth-order valence-electron chi connectivity index (χ4n) is 2.21. The number of rotatable bonds is 8. The molecule has 0 amide bonds. The van der Waals surface area contributed by atoms with E-state index in [-0.39, 0.29) is 18.7 Å². The van der Waals surface area contributed by atoms with Crippen LogP contribution in [0.25, 0.3) is 0 Å². The molecule has 0 aliphatic rings. The zero-order chi connectivity index (χ0) is 18.2. The first kappa shape index (κ1) is 18.4. The highest BCUT2D eigenvalue weighted by Crippen LogP contribution is 2.36. The van der Waals surface area contributed by atoms with Gasteiger partial charge in [0.1, 0.15) is 30.2 Å². The van der Waals surface area contributed by atoms with E-state index < -0.39 is 11.9 Å². The highest BCUT2D eigenvalue weighted by Gasteiger charge is 2.14. The summed E-state index contributed by atoms with van der Waals surface area (Å²) in [4.78, 5) is 0. The monoisotopic (exact) mass is 346 g/mol. The summed E-state index contributed by atoms with van der Waals surface area (Å²) in [6.07, 6.45) is -0.899. The Balaban J connectivity index is 1.98. The van der Waals surface area contributed by atoms with Crippen LogP contribution in [0.1, 0.15) is 5.56 Å². The number of para-hydroxylation sites is 1. The van der Waals surface area contributed by atoms with Crippen LogP contribution in [0.2, 0.25) is 0 Å². The second kappa shape index (κ2) is 8.76. The quantitative estimate of drug-likeness (QED) is 0.764. The molecular formula is C18H19FN2O4. The van der Waals surface area contributed by atoms with Gasteiger partial charge in [-0.1, -0.05) is 12.1 Å². The fourth-order valence-corrected chi connectivity index (χ4v) is 2.21. The van der Waals surface area contributed by atoms with Crippen LogP contribution in [0.3, 0.4) is 0 Å². The Hall–Kier alpha value is -2.98. The number of aliphatic hydroxyl groups is 1. The molecule has 0 saturated carbocycles. The molecular weight excluding hydrogens is 327 g/mol. The predicted octanol–water partition coefficient (Wildman–Crippen LogP) is 2.57. The van der Waals surface area contributed by atoms with Gasteiger partial charge >= 0.3 is 0 Å². The Labute approximate surface area is 145 Å². The number of halogens is 1. The topological polar surface area (TPSA) is 83.7 Å². The van der Waals surface area contributed by atoms with Crippen molar-refractivity contribution in [2.75, 3.05) is 32.7 Å². The Kier molecular flexibility index (Phi) is 6.43. The minimum Gasteiger partial charge on any atom is -0.493 e. The molecule has 132 valence electrons. The summed E-state index contributed by atoms with van der Waals surface area (Å²) in [5, 5.41) is 21.9. The average molecular weight is 346 g/mol. The van der Waals surface area contributed by atoms with E-state index in [4.69, 9.17) is 19.5 Å². The maximum Gasteiger partial charge on any atom is 0.203 e. The zero-order valence-electron chi connectivity index (χ0n) is 14.0. The summed E-state index contributed by atoms with van der Waals surface area (Å²) in [5.74, 6) is 0.736. The molecule has 2 aromatic carbocycles. The van der Waals surface area contributed by atoms with Crippen LogP contribution in [0.15, 0.2) is 36.4 Å². The molecule has 1 atom stereocenters. The van der Waals surface area contributed by atoms with Gasteiger partial charge in [-0.05, 0) is 24.3 Å². The predicted molar refractivity (Wildman–Crippen MR) is 90.7 cm³/mol. The zero-order valence-corrected chi connectivity index (χ0v) is 14.0. The summed E-state index contributed by atoms with van der Waals surface area (Å²) in [7, 11) is 3.01. The molecule has 2 aromatic rings. The second-order valence-corrected chi connectivity index (χ2v) is 5.11. The number of nitrogens with one attached hydrogen (secondary N) is 1. The first-order chi connectivity index (χ1) is 12.1. The van der Waals surface area contributed by atoms with Gasteiger partial charge in [0.15, 0.2) is 11.5 Å². The number of methoxy groups -OCH3 is 2. The SMILES string of the molecule is COc1cccc(OC)c1OCC(O)CNc1cccc(F)c1C#N. The van der Waals surface area contributed by atoms with E-state index in [0.717, 1.165) is 0 Å². The first-order valence-electron chi connectivity index (χ1n) is 7.55. The standard InChI is InChI=1S/C18H19FN2O4/c1-23-16-7-4-8-17(24-2)18(16)25-11-12(22)10-21-15-6-3-5-14(19)13(15)9-20/h3-8,12,21-22H,10-11H2,1-2H3. The minimum absolute atomic E-state index is 0.0407. The third kappa shape index (κ3) is 4.52. The largest absolute Gasteiger partial charge is 0.493 e. The number of ether oxygens (including phenoxy) is 3. The van der Waals surface area contributed by atoms with Gasteiger partial charge in [0, 0.05) is 6.54 Å². The third-order valence-electron chi connectivity index (χ3n) is 3.46. The lowest BCUT2D eigenvalue weighted by atomic mass is 10.2. The molecule has 6 nitrogen and oxygen atoms in total. The van der Waals surface area contributed by atoms with Gasteiger partial charge < -0.3 is 24.6 Å². The molecule has 0 bridgehead atoms. The number of anilines is 1. The van der Waals surface area contributed by atoms with Crippen molar-refractivity contribution >= 4 is 5.69 Å². The van der Waals surface area contributed by atoms with Crippen molar-refractivity contribution in [3.8, 4) is 23.3 Å². The molecule has 1 unspecified atom stereocenters. The van der Waals surface area contributed by atoms with Crippen LogP contribution in [0.4, 0.5) is 10.1 Å². The van der Waals surface area contributed by atoms with Gasteiger partial charge in [-0.3, -0.25) is 0 Å². The first-order valence-corrected chi connectivity index (χ1v) is 7.55. The lowest BCUT2D eigenvalue weighted by Crippen LogP contribution is -2.26. The van der Waals surface area contributed by atoms with Gasteiger partial charge in [0.05, 0.1) is 19.9 Å². The molecule has 25 heavy (non-hydrogen) atoms. The van der Waals surface area contributed by atoms with Crippen molar-refractivity contribution in [3.63, 3.8) is 0 Å². The highest BCUT2D eigenvalue weighted by atomic mass is 19.1. The van der Waals surface area contributed by atoms with Crippen molar-refractivity contribution in [1.29, 1.82) is 5.26 Å². The van der Waals surface area contributed by atoms with E-state index in [2.05, 4.69) is 5.32 Å². The van der Waals surface area contributed by atoms with Gasteiger partial charge in [-0.2, -0.15) is 5.26 Å². The molecule has 0 radical (unpaired) electrons. The second-order valence-electron chi connectivity index (χ2n) is 5.11. The van der Waals surface area contributed by atoms with Crippen LogP contribution >= 0.6 is 0 Å². The van der Waals surface area contributed by atoms with Crippen LogP contribution in [-0.4, -0.2) is 38.6 Å². The van der Waals surface area contributed by atoms with E-state index in [1.54, 1.807) is 30.3 Å². The summed E-state index contributed by atoms with van der Waals surface area (Å²) in [5.41, 5.74) is 0.221. The van der Waals surface area contributed by atoms with E-state index in [9.17, 15) is 9.50 Å². The Morgan fingerprint density at radius 3 is 2.40 bits per heavy atom. The fraction of sp³-hybridized carbons (Fsp3) is 0.278. The normalized spacial score (nSPS) is 11.3. The number of benzene rings is 2. The summed E-state index contributed by atoms with van der Waals surface area (Å²) < 4.78 is 29.6. The number of nitriles is 1. The number of aliphatic hydroxyl groups excluding tert-OH is 1. The maximum atomic E-state index is 13.5. The van der Waals surface area contributed by atoms with E-state index in [1.165, 1.54) is 26.4 Å². The number of nitrogens with zero attached hydrogens (tertiary/aromatic N) is 1. The third-order valence-corrected chi connectivity index (χ3v) is 3.46. The smallest absolute Gasteiger partial charge is 0.203 e. The molecule has 2 N–H and O–H groups in total. The summed E-state index contributed by atoms with van der Waals surface area (Å²) in [6.45, 7) is 0.0382. The van der Waals surface area contributed by atoms with Crippen molar-refractivity contribution in [2.45, 2.75) is 6.10 Å². The number of hydrogen-bond donors (Lipinski definition) is 2. The van der Waals surface area contributed by atoms with E-state index >= 15 is 0 Å². The Morgan fingerprint density at radius 2 is 1.80 bits per heavy atom. The van der Waals surface area contributed by atoms with Gasteiger partial charge in [-0.25, -0.2) is 4.39 Å². The van der Waals surface area contributed by atoms with Gasteiger partial charge in [0.2, 0.25) is 5.75 Å². The van der Waals surface area contributed by atoms with Crippen LogP contribution in [0.5, 0.6) is 17.2 Å². The lowest BCUT2D eigenvalue weighted by Gasteiger charge is -2.17. The van der Waals surface area contributed by atoms with Crippen molar-refractivity contribution in [2.24, 2.45) is 0 Å². The van der Waals surface area contributed by atoms with Crippen LogP contribution < -0.4 is 19.5 Å². The molecule has 0 spiro atoms. The molecule has 2 rings (SSSR count).